The maximum Gasteiger partial charge on any atom is 0.258 e. The third-order valence-electron chi connectivity index (χ3n) is 4.81. The topological polar surface area (TPSA) is 90.5 Å². The van der Waals surface area contributed by atoms with Gasteiger partial charge in [-0.05, 0) is 25.2 Å². The number of aromatic nitrogens is 4. The molecule has 3 aromatic rings. The summed E-state index contributed by atoms with van der Waals surface area (Å²) < 4.78 is 18.6. The zero-order valence-electron chi connectivity index (χ0n) is 16.7. The predicted octanol–water partition coefficient (Wildman–Crippen LogP) is 2.06. The van der Waals surface area contributed by atoms with Gasteiger partial charge in [-0.25, -0.2) is 0 Å². The second-order valence-corrected chi connectivity index (χ2v) is 6.83. The van der Waals surface area contributed by atoms with Crippen LogP contribution in [0.2, 0.25) is 0 Å². The fraction of sp³-hybridized carbons (Fsp3) is 0.421. The smallest absolute Gasteiger partial charge is 0.258 e. The van der Waals surface area contributed by atoms with Crippen LogP contribution in [0.3, 0.4) is 0 Å². The van der Waals surface area contributed by atoms with Gasteiger partial charge in [-0.3, -0.25) is 9.58 Å². The van der Waals surface area contributed by atoms with Crippen LogP contribution in [0.15, 0.2) is 35.1 Å². The highest BCUT2D eigenvalue weighted by Crippen LogP contribution is 2.33. The van der Waals surface area contributed by atoms with E-state index < -0.39 is 0 Å². The van der Waals surface area contributed by atoms with Gasteiger partial charge in [0, 0.05) is 44.0 Å². The number of ether oxygens (including phenoxy) is 2. The van der Waals surface area contributed by atoms with E-state index in [-0.39, 0.29) is 18.4 Å². The molecule has 1 aliphatic heterocycles. The summed E-state index contributed by atoms with van der Waals surface area (Å²) >= 11 is 0. The summed E-state index contributed by atoms with van der Waals surface area (Å²) in [6.07, 6.45) is 3.69. The Morgan fingerprint density at radius 3 is 2.86 bits per heavy atom. The number of methoxy groups -OCH3 is 1. The summed E-state index contributed by atoms with van der Waals surface area (Å²) in [4.78, 5) is 6.81. The first-order valence-corrected chi connectivity index (χ1v) is 9.17. The zero-order chi connectivity index (χ0) is 19.5. The van der Waals surface area contributed by atoms with E-state index in [0.29, 0.717) is 29.8 Å². The third kappa shape index (κ3) is 4.69. The van der Waals surface area contributed by atoms with Crippen molar-refractivity contribution < 1.29 is 14.0 Å². The van der Waals surface area contributed by atoms with Crippen molar-refractivity contribution in [3.63, 3.8) is 0 Å². The Kier molecular flexibility index (Phi) is 6.73. The Hall–Kier alpha value is -2.62. The van der Waals surface area contributed by atoms with Crippen molar-refractivity contribution in [3.05, 3.63) is 42.0 Å². The molecule has 1 atom stereocenters. The lowest BCUT2D eigenvalue weighted by Crippen LogP contribution is -2.44. The Bertz CT molecular complexity index is 944. The first-order chi connectivity index (χ1) is 13.6. The molecule has 1 N–H and O–H groups in total. The quantitative estimate of drug-likeness (QED) is 0.648. The molecule has 3 heterocycles. The van der Waals surface area contributed by atoms with Crippen molar-refractivity contribution in [1.82, 2.24) is 30.1 Å². The first-order valence-electron chi connectivity index (χ1n) is 9.17. The monoisotopic (exact) mass is 420 g/mol. The van der Waals surface area contributed by atoms with Crippen molar-refractivity contribution in [2.24, 2.45) is 7.05 Å². The van der Waals surface area contributed by atoms with E-state index in [2.05, 4.69) is 32.5 Å². The average Bonchev–Trinajstić information content (AvgIpc) is 3.36. The molecule has 1 unspecified atom stereocenters. The molecule has 0 amide bonds. The molecule has 1 aromatic carbocycles. The van der Waals surface area contributed by atoms with E-state index in [1.807, 2.05) is 31.4 Å². The van der Waals surface area contributed by atoms with Gasteiger partial charge in [-0.1, -0.05) is 5.16 Å². The van der Waals surface area contributed by atoms with Gasteiger partial charge in [0.2, 0.25) is 0 Å². The summed E-state index contributed by atoms with van der Waals surface area (Å²) in [6.45, 7) is 3.13. The maximum atomic E-state index is 5.87. The van der Waals surface area contributed by atoms with E-state index in [0.717, 1.165) is 30.8 Å². The van der Waals surface area contributed by atoms with Gasteiger partial charge < -0.3 is 19.3 Å². The average molecular weight is 421 g/mol. The molecule has 1 aliphatic rings. The van der Waals surface area contributed by atoms with E-state index in [1.165, 1.54) is 0 Å². The minimum absolute atomic E-state index is 0. The number of likely N-dealkylation sites (N-methyl/N-ethyl adjacent to an activating group) is 1. The summed E-state index contributed by atoms with van der Waals surface area (Å²) in [7, 11) is 5.55. The standard InChI is InChI=1S/C19H24N6O3.ClH/c1-24-7-6-20-10-15(24)18-22-19(28-23-18)14-4-5-16(17(8-14)26-3)27-12-13-9-21-25(2)11-13;/h4-5,8-9,11,15,20H,6-7,10,12H2,1-3H3;1H. The lowest BCUT2D eigenvalue weighted by atomic mass is 10.2. The van der Waals surface area contributed by atoms with Crippen molar-refractivity contribution in [2.75, 3.05) is 33.8 Å². The summed E-state index contributed by atoms with van der Waals surface area (Å²) in [5, 5.41) is 11.7. The number of nitrogens with zero attached hydrogens (tertiary/aromatic N) is 5. The van der Waals surface area contributed by atoms with Crippen molar-refractivity contribution in [3.8, 4) is 23.0 Å². The summed E-state index contributed by atoms with van der Waals surface area (Å²) in [5.41, 5.74) is 1.77. The van der Waals surface area contributed by atoms with Crippen LogP contribution in [0.1, 0.15) is 17.4 Å². The van der Waals surface area contributed by atoms with Crippen LogP contribution in [-0.4, -0.2) is 58.6 Å². The molecule has 0 spiro atoms. The van der Waals surface area contributed by atoms with Gasteiger partial charge in [0.1, 0.15) is 6.61 Å². The summed E-state index contributed by atoms with van der Waals surface area (Å²) in [5.74, 6) is 2.40. The molecule has 1 saturated heterocycles. The fourth-order valence-corrected chi connectivity index (χ4v) is 3.21. The minimum Gasteiger partial charge on any atom is -0.493 e. The van der Waals surface area contributed by atoms with Crippen molar-refractivity contribution in [2.45, 2.75) is 12.6 Å². The number of halogens is 1. The van der Waals surface area contributed by atoms with E-state index >= 15 is 0 Å². The molecule has 0 bridgehead atoms. The number of benzene rings is 1. The molecule has 2 aromatic heterocycles. The Morgan fingerprint density at radius 1 is 1.28 bits per heavy atom. The van der Waals surface area contributed by atoms with E-state index in [1.54, 1.807) is 18.0 Å². The highest BCUT2D eigenvalue weighted by Gasteiger charge is 2.25. The lowest BCUT2D eigenvalue weighted by Gasteiger charge is -2.30. The number of rotatable bonds is 6. The van der Waals surface area contributed by atoms with Crippen molar-refractivity contribution in [1.29, 1.82) is 0 Å². The molecular weight excluding hydrogens is 396 g/mol. The highest BCUT2D eigenvalue weighted by atomic mass is 35.5. The molecule has 29 heavy (non-hydrogen) atoms. The molecule has 4 rings (SSSR count). The predicted molar refractivity (Wildman–Crippen MR) is 109 cm³/mol. The van der Waals surface area contributed by atoms with Gasteiger partial charge >= 0.3 is 0 Å². The van der Waals surface area contributed by atoms with Crippen LogP contribution in [0.4, 0.5) is 0 Å². The SMILES string of the molecule is COc1cc(-c2nc(C3CNCCN3C)no2)ccc1OCc1cnn(C)c1.Cl. The van der Waals surface area contributed by atoms with E-state index in [4.69, 9.17) is 14.0 Å². The number of hydrogen-bond acceptors (Lipinski definition) is 8. The molecule has 0 aliphatic carbocycles. The minimum atomic E-state index is 0. The van der Waals surface area contributed by atoms with Gasteiger partial charge in [0.15, 0.2) is 17.3 Å². The van der Waals surface area contributed by atoms with Crippen LogP contribution in [0, 0.1) is 0 Å². The van der Waals surface area contributed by atoms with Crippen LogP contribution in [-0.2, 0) is 13.7 Å². The Balaban J connectivity index is 0.00000240. The second-order valence-electron chi connectivity index (χ2n) is 6.83. The number of piperazine rings is 1. The van der Waals surface area contributed by atoms with Gasteiger partial charge in [0.25, 0.3) is 5.89 Å². The molecule has 1 fully saturated rings. The number of aryl methyl sites for hydroxylation is 1. The molecule has 0 radical (unpaired) electrons. The van der Waals surface area contributed by atoms with E-state index in [9.17, 15) is 0 Å². The van der Waals surface area contributed by atoms with Crippen LogP contribution in [0.5, 0.6) is 11.5 Å². The van der Waals surface area contributed by atoms with Crippen LogP contribution >= 0.6 is 12.4 Å². The molecule has 10 heteroatoms. The largest absolute Gasteiger partial charge is 0.493 e. The second kappa shape index (κ2) is 9.25. The lowest BCUT2D eigenvalue weighted by molar-refractivity contribution is 0.190. The van der Waals surface area contributed by atoms with Gasteiger partial charge in [-0.2, -0.15) is 10.1 Å². The van der Waals surface area contributed by atoms with Crippen LogP contribution < -0.4 is 14.8 Å². The van der Waals surface area contributed by atoms with Gasteiger partial charge in [-0.15, -0.1) is 12.4 Å². The molecule has 156 valence electrons. The highest BCUT2D eigenvalue weighted by molar-refractivity contribution is 5.85. The molecule has 9 nitrogen and oxygen atoms in total. The normalized spacial score (nSPS) is 17.0. The number of hydrogen-bond donors (Lipinski definition) is 1. The zero-order valence-corrected chi connectivity index (χ0v) is 17.5. The Morgan fingerprint density at radius 2 is 2.14 bits per heavy atom. The van der Waals surface area contributed by atoms with Gasteiger partial charge in [0.05, 0.1) is 19.3 Å². The Labute approximate surface area is 175 Å². The maximum absolute atomic E-state index is 5.87. The third-order valence-corrected chi connectivity index (χ3v) is 4.81. The molecular formula is C19H25ClN6O3. The van der Waals surface area contributed by atoms with Crippen molar-refractivity contribution >= 4 is 12.4 Å². The summed E-state index contributed by atoms with van der Waals surface area (Å²) in [6, 6.07) is 5.69. The number of nitrogens with one attached hydrogen (secondary N) is 1. The first kappa shape index (κ1) is 21.1. The molecule has 0 saturated carbocycles. The van der Waals surface area contributed by atoms with Crippen LogP contribution in [0.25, 0.3) is 11.5 Å². The fourth-order valence-electron chi connectivity index (χ4n) is 3.21.